The molecule has 0 aliphatic carbocycles. The number of aromatic hydroxyl groups is 1. The van der Waals surface area contributed by atoms with Gasteiger partial charge in [-0.2, -0.15) is 0 Å². The molecule has 4 rings (SSSR count). The predicted octanol–water partition coefficient (Wildman–Crippen LogP) is 3.12. The molecule has 2 unspecified atom stereocenters. The van der Waals surface area contributed by atoms with E-state index in [4.69, 9.17) is 0 Å². The van der Waals surface area contributed by atoms with Crippen molar-refractivity contribution in [3.8, 4) is 5.75 Å². The lowest BCUT2D eigenvalue weighted by Crippen LogP contribution is -2.43. The number of aromatic nitrogens is 2. The number of likely N-dealkylation sites (N-methyl/N-ethyl adjacent to an activating group) is 1. The number of hydrogen-bond acceptors (Lipinski definition) is 6. The van der Waals surface area contributed by atoms with Crippen LogP contribution in [0, 0.1) is 0 Å². The highest BCUT2D eigenvalue weighted by molar-refractivity contribution is 9.10. The Balaban J connectivity index is 1.60. The number of phenolic OH excluding ortho intramolecular Hbond substituents is 1. The SMILES string of the molecule is CN1CC(Nc2nc3sccn3c(=O)c2Br)CC(c2cccc(O)c2)C1. The lowest BCUT2D eigenvalue weighted by molar-refractivity contribution is 0.235. The summed E-state index contributed by atoms with van der Waals surface area (Å²) in [5.74, 6) is 1.19. The number of fused-ring (bicyclic) bond motifs is 1. The van der Waals surface area contributed by atoms with Gasteiger partial charge in [-0.1, -0.05) is 12.1 Å². The lowest BCUT2D eigenvalue weighted by atomic mass is 9.88. The second-order valence-corrected chi connectivity index (χ2v) is 8.39. The van der Waals surface area contributed by atoms with Gasteiger partial charge < -0.3 is 15.3 Å². The molecule has 2 aromatic heterocycles. The van der Waals surface area contributed by atoms with Crippen LogP contribution in [0.3, 0.4) is 0 Å². The normalized spacial score (nSPS) is 21.2. The van der Waals surface area contributed by atoms with E-state index in [0.29, 0.717) is 26.9 Å². The van der Waals surface area contributed by atoms with Crippen molar-refractivity contribution in [1.82, 2.24) is 14.3 Å². The van der Waals surface area contributed by atoms with Crippen molar-refractivity contribution in [2.75, 3.05) is 25.5 Å². The Morgan fingerprint density at radius 3 is 3.04 bits per heavy atom. The number of thiazole rings is 1. The van der Waals surface area contributed by atoms with Crippen molar-refractivity contribution in [2.24, 2.45) is 0 Å². The maximum absolute atomic E-state index is 12.4. The zero-order valence-electron chi connectivity index (χ0n) is 14.2. The molecule has 8 heteroatoms. The molecule has 2 N–H and O–H groups in total. The minimum absolute atomic E-state index is 0.104. The maximum Gasteiger partial charge on any atom is 0.275 e. The molecule has 0 bridgehead atoms. The molecule has 1 aliphatic rings. The predicted molar refractivity (Wildman–Crippen MR) is 107 cm³/mol. The van der Waals surface area contributed by atoms with Crippen molar-refractivity contribution >= 4 is 38.0 Å². The highest BCUT2D eigenvalue weighted by atomic mass is 79.9. The van der Waals surface area contributed by atoms with E-state index in [9.17, 15) is 9.90 Å². The van der Waals surface area contributed by atoms with Gasteiger partial charge in [0.25, 0.3) is 5.56 Å². The Bertz CT molecular complexity index is 1000. The molecule has 0 radical (unpaired) electrons. The fourth-order valence-corrected chi connectivity index (χ4v) is 4.69. The number of benzene rings is 1. The standard InChI is InChI=1S/C18H19BrN4O2S/c1-22-9-12(11-3-2-4-14(24)8-11)7-13(10-22)20-16-15(19)17(25)23-5-6-26-18(23)21-16/h2-6,8,12-13,20,24H,7,9-10H2,1H3. The molecule has 6 nitrogen and oxygen atoms in total. The molecule has 136 valence electrons. The Morgan fingerprint density at radius 2 is 2.23 bits per heavy atom. The van der Waals surface area contributed by atoms with Crippen molar-refractivity contribution in [2.45, 2.75) is 18.4 Å². The van der Waals surface area contributed by atoms with Crippen LogP contribution in [0.15, 0.2) is 45.1 Å². The molecule has 1 fully saturated rings. The minimum atomic E-state index is -0.104. The summed E-state index contributed by atoms with van der Waals surface area (Å²) >= 11 is 4.84. The molecule has 0 saturated carbocycles. The molecule has 1 aromatic carbocycles. The molecule has 2 atom stereocenters. The Labute approximate surface area is 163 Å². The monoisotopic (exact) mass is 434 g/mol. The first-order valence-corrected chi connectivity index (χ1v) is 10.1. The van der Waals surface area contributed by atoms with E-state index < -0.39 is 0 Å². The number of phenols is 1. The van der Waals surface area contributed by atoms with Crippen LogP contribution in [0.1, 0.15) is 17.9 Å². The maximum atomic E-state index is 12.4. The number of nitrogens with one attached hydrogen (secondary N) is 1. The van der Waals surface area contributed by atoms with Crippen molar-refractivity contribution < 1.29 is 5.11 Å². The summed E-state index contributed by atoms with van der Waals surface area (Å²) in [6, 6.07) is 7.62. The van der Waals surface area contributed by atoms with E-state index in [-0.39, 0.29) is 11.6 Å². The van der Waals surface area contributed by atoms with E-state index in [1.54, 1.807) is 16.7 Å². The summed E-state index contributed by atoms with van der Waals surface area (Å²) in [7, 11) is 2.09. The molecule has 0 amide bonds. The van der Waals surface area contributed by atoms with Gasteiger partial charge in [0.2, 0.25) is 0 Å². The van der Waals surface area contributed by atoms with Crippen LogP contribution in [0.4, 0.5) is 5.82 Å². The molecule has 1 aliphatic heterocycles. The van der Waals surface area contributed by atoms with E-state index >= 15 is 0 Å². The minimum Gasteiger partial charge on any atom is -0.508 e. The van der Waals surface area contributed by atoms with Crippen LogP contribution in [-0.4, -0.2) is 45.6 Å². The Kier molecular flexibility index (Phi) is 4.73. The van der Waals surface area contributed by atoms with Gasteiger partial charge in [0.05, 0.1) is 0 Å². The highest BCUT2D eigenvalue weighted by Crippen LogP contribution is 2.30. The first-order valence-electron chi connectivity index (χ1n) is 8.40. The number of rotatable bonds is 3. The van der Waals surface area contributed by atoms with Crippen LogP contribution in [0.25, 0.3) is 4.96 Å². The zero-order valence-corrected chi connectivity index (χ0v) is 16.6. The van der Waals surface area contributed by atoms with Crippen molar-refractivity contribution in [3.05, 3.63) is 56.2 Å². The summed E-state index contributed by atoms with van der Waals surface area (Å²) in [5, 5.41) is 15.1. The van der Waals surface area contributed by atoms with Gasteiger partial charge in [0, 0.05) is 30.7 Å². The third-order valence-corrected chi connectivity index (χ3v) is 6.20. The smallest absolute Gasteiger partial charge is 0.275 e. The summed E-state index contributed by atoms with van der Waals surface area (Å²) in [5.41, 5.74) is 1.02. The number of halogens is 1. The van der Waals surface area contributed by atoms with Crippen LogP contribution in [0.5, 0.6) is 5.75 Å². The quantitative estimate of drug-likeness (QED) is 0.662. The van der Waals surface area contributed by atoms with Gasteiger partial charge in [-0.25, -0.2) is 4.98 Å². The highest BCUT2D eigenvalue weighted by Gasteiger charge is 2.27. The van der Waals surface area contributed by atoms with Crippen LogP contribution >= 0.6 is 27.3 Å². The summed E-state index contributed by atoms with van der Waals surface area (Å²) < 4.78 is 2.00. The van der Waals surface area contributed by atoms with Gasteiger partial charge in [0.1, 0.15) is 16.0 Å². The number of anilines is 1. The lowest BCUT2D eigenvalue weighted by Gasteiger charge is -2.36. The van der Waals surface area contributed by atoms with E-state index in [2.05, 4.69) is 44.2 Å². The van der Waals surface area contributed by atoms with Gasteiger partial charge in [-0.05, 0) is 53.0 Å². The number of piperidine rings is 1. The van der Waals surface area contributed by atoms with Crippen LogP contribution < -0.4 is 10.9 Å². The molecule has 3 heterocycles. The first-order chi connectivity index (χ1) is 12.5. The molecular weight excluding hydrogens is 416 g/mol. The zero-order chi connectivity index (χ0) is 18.3. The fraction of sp³-hybridized carbons (Fsp3) is 0.333. The second-order valence-electron chi connectivity index (χ2n) is 6.73. The Morgan fingerprint density at radius 1 is 1.38 bits per heavy atom. The Hall–Kier alpha value is -1.90. The summed E-state index contributed by atoms with van der Waals surface area (Å²) in [6.45, 7) is 1.80. The van der Waals surface area contributed by atoms with Gasteiger partial charge in [-0.15, -0.1) is 11.3 Å². The number of nitrogens with zero attached hydrogens (tertiary/aromatic N) is 3. The van der Waals surface area contributed by atoms with Crippen LogP contribution in [0.2, 0.25) is 0 Å². The first kappa shape index (κ1) is 17.5. The third-order valence-electron chi connectivity index (χ3n) is 4.73. The van der Waals surface area contributed by atoms with Crippen molar-refractivity contribution in [3.63, 3.8) is 0 Å². The van der Waals surface area contributed by atoms with Gasteiger partial charge in [0.15, 0.2) is 4.96 Å². The molecule has 0 spiro atoms. The van der Waals surface area contributed by atoms with Gasteiger partial charge >= 0.3 is 0 Å². The summed E-state index contributed by atoms with van der Waals surface area (Å²) in [4.78, 5) is 20.0. The fourth-order valence-electron chi connectivity index (χ4n) is 3.59. The molecular formula is C18H19BrN4O2S. The summed E-state index contributed by atoms with van der Waals surface area (Å²) in [6.07, 6.45) is 2.64. The molecule has 3 aromatic rings. The van der Waals surface area contributed by atoms with E-state index in [1.165, 1.54) is 11.3 Å². The number of likely N-dealkylation sites (tertiary alicyclic amines) is 1. The molecule has 1 saturated heterocycles. The largest absolute Gasteiger partial charge is 0.508 e. The molecule has 26 heavy (non-hydrogen) atoms. The second kappa shape index (κ2) is 7.02. The van der Waals surface area contributed by atoms with E-state index in [1.807, 2.05) is 17.5 Å². The topological polar surface area (TPSA) is 69.9 Å². The average molecular weight is 435 g/mol. The third kappa shape index (κ3) is 3.36. The van der Waals surface area contributed by atoms with Gasteiger partial charge in [-0.3, -0.25) is 9.20 Å². The average Bonchev–Trinajstić information content (AvgIpc) is 3.07. The van der Waals surface area contributed by atoms with E-state index in [0.717, 1.165) is 25.1 Å². The van der Waals surface area contributed by atoms with Crippen molar-refractivity contribution in [1.29, 1.82) is 0 Å². The number of hydrogen-bond donors (Lipinski definition) is 2. The van der Waals surface area contributed by atoms with Crippen LogP contribution in [-0.2, 0) is 0 Å².